The summed E-state index contributed by atoms with van der Waals surface area (Å²) in [5.41, 5.74) is 7.60. The zero-order valence-electron chi connectivity index (χ0n) is 8.79. The Balaban J connectivity index is 2.68. The van der Waals surface area contributed by atoms with Crippen molar-refractivity contribution in [1.82, 2.24) is 0 Å². The number of hydrogen-bond donors (Lipinski definition) is 1. The predicted octanol–water partition coefficient (Wildman–Crippen LogP) is 2.23. The maximum atomic E-state index is 10.6. The number of nitrogens with two attached hydrogens (primary N) is 1. The van der Waals surface area contributed by atoms with Gasteiger partial charge in [0.2, 0.25) is 5.91 Å². The number of aryl methyl sites for hydroxylation is 1. The van der Waals surface area contributed by atoms with Gasteiger partial charge in [0.05, 0.1) is 0 Å². The van der Waals surface area contributed by atoms with Gasteiger partial charge in [0, 0.05) is 6.42 Å². The van der Waals surface area contributed by atoms with E-state index in [2.05, 4.69) is 26.0 Å². The molecule has 0 aliphatic rings. The van der Waals surface area contributed by atoms with Crippen LogP contribution in [0.4, 0.5) is 0 Å². The topological polar surface area (TPSA) is 43.1 Å². The minimum atomic E-state index is -0.236. The molecule has 1 aromatic rings. The summed E-state index contributed by atoms with van der Waals surface area (Å²) < 4.78 is 0. The van der Waals surface area contributed by atoms with Gasteiger partial charge in [0.1, 0.15) is 0 Å². The summed E-state index contributed by atoms with van der Waals surface area (Å²) in [5, 5.41) is 0. The number of carbonyl (C=O) groups is 1. The van der Waals surface area contributed by atoms with Gasteiger partial charge in [0.15, 0.2) is 0 Å². The minimum Gasteiger partial charge on any atom is -0.370 e. The first-order chi connectivity index (χ1) is 6.59. The van der Waals surface area contributed by atoms with E-state index in [4.69, 9.17) is 5.73 Å². The quantitative estimate of drug-likeness (QED) is 0.779. The Morgan fingerprint density at radius 3 is 2.71 bits per heavy atom. The lowest BCUT2D eigenvalue weighted by molar-refractivity contribution is -0.117. The molecule has 76 valence electrons. The monoisotopic (exact) mass is 191 g/mol. The molecule has 0 spiro atoms. The number of benzene rings is 1. The number of primary amides is 1. The van der Waals surface area contributed by atoms with Gasteiger partial charge in [-0.3, -0.25) is 4.79 Å². The fourth-order valence-electron chi connectivity index (χ4n) is 1.38. The fourth-order valence-corrected chi connectivity index (χ4v) is 1.38. The molecule has 0 aromatic heterocycles. The van der Waals surface area contributed by atoms with Crippen LogP contribution in [0.5, 0.6) is 0 Å². The number of hydrogen-bond acceptors (Lipinski definition) is 1. The standard InChI is InChI=1S/C12H17NO/c1-9(2)11-5-3-4-10(8-11)6-7-12(13)14/h3-5,8-9H,6-7H2,1-2H3,(H2,13,14). The van der Waals surface area contributed by atoms with Gasteiger partial charge in [-0.1, -0.05) is 38.1 Å². The fraction of sp³-hybridized carbons (Fsp3) is 0.417. The van der Waals surface area contributed by atoms with E-state index in [1.165, 1.54) is 11.1 Å². The molecule has 2 N–H and O–H groups in total. The van der Waals surface area contributed by atoms with E-state index in [9.17, 15) is 4.79 Å². The molecule has 1 rings (SSSR count). The Hall–Kier alpha value is -1.31. The smallest absolute Gasteiger partial charge is 0.217 e. The van der Waals surface area contributed by atoms with Gasteiger partial charge in [-0.15, -0.1) is 0 Å². The highest BCUT2D eigenvalue weighted by molar-refractivity contribution is 5.74. The Morgan fingerprint density at radius 2 is 2.14 bits per heavy atom. The van der Waals surface area contributed by atoms with Crippen LogP contribution in [-0.4, -0.2) is 5.91 Å². The Kier molecular flexibility index (Phi) is 3.69. The molecule has 0 aliphatic carbocycles. The molecule has 2 heteroatoms. The summed E-state index contributed by atoms with van der Waals surface area (Å²) in [7, 11) is 0. The van der Waals surface area contributed by atoms with Crippen LogP contribution >= 0.6 is 0 Å². The number of rotatable bonds is 4. The molecule has 14 heavy (non-hydrogen) atoms. The molecular weight excluding hydrogens is 174 g/mol. The molecule has 1 aromatic carbocycles. The maximum absolute atomic E-state index is 10.6. The van der Waals surface area contributed by atoms with Gasteiger partial charge in [-0.25, -0.2) is 0 Å². The van der Waals surface area contributed by atoms with E-state index in [1.807, 2.05) is 12.1 Å². The third kappa shape index (κ3) is 3.21. The molecule has 0 fully saturated rings. The maximum Gasteiger partial charge on any atom is 0.217 e. The Bertz CT molecular complexity index is 318. The van der Waals surface area contributed by atoms with Crippen LogP contribution in [0, 0.1) is 0 Å². The molecule has 0 saturated carbocycles. The van der Waals surface area contributed by atoms with Crippen LogP contribution < -0.4 is 5.73 Å². The van der Waals surface area contributed by atoms with Crippen molar-refractivity contribution in [3.8, 4) is 0 Å². The molecule has 0 atom stereocenters. The van der Waals surface area contributed by atoms with E-state index >= 15 is 0 Å². The van der Waals surface area contributed by atoms with Crippen LogP contribution in [0.25, 0.3) is 0 Å². The average Bonchev–Trinajstić information content (AvgIpc) is 2.15. The lowest BCUT2D eigenvalue weighted by atomic mass is 9.99. The molecular formula is C12H17NO. The normalized spacial score (nSPS) is 10.5. The van der Waals surface area contributed by atoms with Crippen LogP contribution in [-0.2, 0) is 11.2 Å². The first kappa shape index (κ1) is 10.8. The van der Waals surface area contributed by atoms with Crippen molar-refractivity contribution in [1.29, 1.82) is 0 Å². The van der Waals surface area contributed by atoms with Gasteiger partial charge in [0.25, 0.3) is 0 Å². The van der Waals surface area contributed by atoms with Crippen LogP contribution in [0.15, 0.2) is 24.3 Å². The van der Waals surface area contributed by atoms with Gasteiger partial charge >= 0.3 is 0 Å². The zero-order chi connectivity index (χ0) is 10.6. The summed E-state index contributed by atoms with van der Waals surface area (Å²) in [4.78, 5) is 10.6. The van der Waals surface area contributed by atoms with Crippen molar-refractivity contribution in [2.24, 2.45) is 5.73 Å². The minimum absolute atomic E-state index is 0.236. The van der Waals surface area contributed by atoms with Crippen molar-refractivity contribution in [2.75, 3.05) is 0 Å². The molecule has 0 heterocycles. The summed E-state index contributed by atoms with van der Waals surface area (Å²) in [6.07, 6.45) is 1.18. The first-order valence-corrected chi connectivity index (χ1v) is 4.96. The number of amides is 1. The molecule has 0 bridgehead atoms. The van der Waals surface area contributed by atoms with E-state index in [0.717, 1.165) is 6.42 Å². The molecule has 0 saturated heterocycles. The van der Waals surface area contributed by atoms with Crippen molar-refractivity contribution in [2.45, 2.75) is 32.6 Å². The second-order valence-corrected chi connectivity index (χ2v) is 3.87. The molecule has 0 unspecified atom stereocenters. The average molecular weight is 191 g/mol. The molecule has 1 amide bonds. The Labute approximate surface area is 85.1 Å². The Morgan fingerprint density at radius 1 is 1.43 bits per heavy atom. The largest absolute Gasteiger partial charge is 0.370 e. The third-order valence-corrected chi connectivity index (χ3v) is 2.28. The zero-order valence-corrected chi connectivity index (χ0v) is 8.79. The molecule has 2 nitrogen and oxygen atoms in total. The SMILES string of the molecule is CC(C)c1cccc(CCC(N)=O)c1. The highest BCUT2D eigenvalue weighted by Crippen LogP contribution is 2.16. The molecule has 0 aliphatic heterocycles. The second kappa shape index (κ2) is 4.80. The summed E-state index contributed by atoms with van der Waals surface area (Å²) in [5.74, 6) is 0.295. The summed E-state index contributed by atoms with van der Waals surface area (Å²) in [6.45, 7) is 4.32. The lowest BCUT2D eigenvalue weighted by Crippen LogP contribution is -2.11. The van der Waals surface area contributed by atoms with Crippen LogP contribution in [0.1, 0.15) is 37.3 Å². The van der Waals surface area contributed by atoms with E-state index in [0.29, 0.717) is 12.3 Å². The van der Waals surface area contributed by atoms with E-state index < -0.39 is 0 Å². The lowest BCUT2D eigenvalue weighted by Gasteiger charge is -2.07. The van der Waals surface area contributed by atoms with Gasteiger partial charge in [-0.05, 0) is 23.5 Å². The van der Waals surface area contributed by atoms with Gasteiger partial charge < -0.3 is 5.73 Å². The van der Waals surface area contributed by atoms with Crippen molar-refractivity contribution >= 4 is 5.91 Å². The second-order valence-electron chi connectivity index (χ2n) is 3.87. The van der Waals surface area contributed by atoms with E-state index in [1.54, 1.807) is 0 Å². The van der Waals surface area contributed by atoms with Crippen LogP contribution in [0.2, 0.25) is 0 Å². The predicted molar refractivity (Wildman–Crippen MR) is 58.0 cm³/mol. The van der Waals surface area contributed by atoms with Crippen molar-refractivity contribution in [3.63, 3.8) is 0 Å². The van der Waals surface area contributed by atoms with Crippen LogP contribution in [0.3, 0.4) is 0 Å². The summed E-state index contributed by atoms with van der Waals surface area (Å²) >= 11 is 0. The van der Waals surface area contributed by atoms with Gasteiger partial charge in [-0.2, -0.15) is 0 Å². The highest BCUT2D eigenvalue weighted by atomic mass is 16.1. The summed E-state index contributed by atoms with van der Waals surface area (Å²) in [6, 6.07) is 8.33. The van der Waals surface area contributed by atoms with Crippen molar-refractivity contribution in [3.05, 3.63) is 35.4 Å². The van der Waals surface area contributed by atoms with Crippen molar-refractivity contribution < 1.29 is 4.79 Å². The number of carbonyl (C=O) groups excluding carboxylic acids is 1. The third-order valence-electron chi connectivity index (χ3n) is 2.28. The molecule has 0 radical (unpaired) electrons. The first-order valence-electron chi connectivity index (χ1n) is 4.96. The highest BCUT2D eigenvalue weighted by Gasteiger charge is 2.01. The van der Waals surface area contributed by atoms with E-state index in [-0.39, 0.29) is 5.91 Å².